The Balaban J connectivity index is 1.71. The first-order valence-electron chi connectivity index (χ1n) is 9.71. The minimum atomic E-state index is -4.05. The monoisotopic (exact) mass is 491 g/mol. The lowest BCUT2D eigenvalue weighted by Gasteiger charge is -2.26. The molecule has 1 N–H and O–H groups in total. The molecule has 0 saturated heterocycles. The second kappa shape index (κ2) is 8.64. The summed E-state index contributed by atoms with van der Waals surface area (Å²) in [5.41, 5.74) is 4.51. The van der Waals surface area contributed by atoms with Crippen LogP contribution in [0.15, 0.2) is 34.1 Å². The Labute approximate surface area is 193 Å². The topological polar surface area (TPSA) is 106 Å². The van der Waals surface area contributed by atoms with E-state index in [0.29, 0.717) is 34.0 Å². The number of aryl methyl sites for hydroxylation is 2. The summed E-state index contributed by atoms with van der Waals surface area (Å²) < 4.78 is 34.0. The van der Waals surface area contributed by atoms with Gasteiger partial charge < -0.3 is 9.64 Å². The van der Waals surface area contributed by atoms with Gasteiger partial charge in [0.05, 0.1) is 30.9 Å². The van der Waals surface area contributed by atoms with Gasteiger partial charge in [0.15, 0.2) is 4.21 Å². The van der Waals surface area contributed by atoms with Crippen LogP contribution in [0.2, 0.25) is 0 Å². The Morgan fingerprint density at radius 2 is 1.91 bits per heavy atom. The van der Waals surface area contributed by atoms with Gasteiger partial charge in [0.25, 0.3) is 15.9 Å². The molecular formula is C21H21N3O5S3. The molecule has 0 saturated carbocycles. The molecule has 3 heterocycles. The molecule has 4 rings (SSSR count). The van der Waals surface area contributed by atoms with Crippen LogP contribution in [-0.2, 0) is 27.7 Å². The summed E-state index contributed by atoms with van der Waals surface area (Å²) in [6, 6.07) is 5.40. The number of ether oxygens (including phenoxy) is 1. The summed E-state index contributed by atoms with van der Waals surface area (Å²) in [6.07, 6.45) is 1.88. The molecule has 3 aromatic rings. The lowest BCUT2D eigenvalue weighted by Crippen LogP contribution is -2.35. The van der Waals surface area contributed by atoms with Crippen LogP contribution in [0.1, 0.15) is 41.6 Å². The van der Waals surface area contributed by atoms with E-state index in [2.05, 4.69) is 9.71 Å². The van der Waals surface area contributed by atoms with E-state index in [4.69, 9.17) is 4.74 Å². The highest BCUT2D eigenvalue weighted by molar-refractivity contribution is 7.94. The molecular weight excluding hydrogens is 470 g/mol. The highest BCUT2D eigenvalue weighted by Gasteiger charge is 2.35. The second-order valence-corrected chi connectivity index (χ2v) is 11.4. The molecule has 32 heavy (non-hydrogen) atoms. The van der Waals surface area contributed by atoms with Gasteiger partial charge in [-0.05, 0) is 49.1 Å². The molecule has 11 heteroatoms. The number of thiazole rings is 1. The Bertz CT molecular complexity index is 1280. The molecule has 0 fully saturated rings. The molecule has 0 bridgehead atoms. The first kappa shape index (κ1) is 22.4. The lowest BCUT2D eigenvalue weighted by atomic mass is 10.0. The van der Waals surface area contributed by atoms with E-state index >= 15 is 0 Å². The zero-order chi connectivity index (χ0) is 23.0. The average Bonchev–Trinajstić information content (AvgIpc) is 3.39. The number of amides is 1. The van der Waals surface area contributed by atoms with Gasteiger partial charge in [0.2, 0.25) is 0 Å². The molecule has 0 radical (unpaired) electrons. The third-order valence-corrected chi connectivity index (χ3v) is 8.94. The van der Waals surface area contributed by atoms with Gasteiger partial charge in [0.1, 0.15) is 4.88 Å². The lowest BCUT2D eigenvalue weighted by molar-refractivity contribution is 0.0595. The van der Waals surface area contributed by atoms with Crippen LogP contribution in [0.25, 0.3) is 0 Å². The first-order valence-corrected chi connectivity index (χ1v) is 12.9. The van der Waals surface area contributed by atoms with Crippen LogP contribution in [0, 0.1) is 13.8 Å². The van der Waals surface area contributed by atoms with Crippen molar-refractivity contribution < 1.29 is 22.7 Å². The molecule has 168 valence electrons. The van der Waals surface area contributed by atoms with E-state index in [1.54, 1.807) is 22.5 Å². The smallest absolute Gasteiger partial charge is 0.340 e. The summed E-state index contributed by atoms with van der Waals surface area (Å²) in [6.45, 7) is 4.35. The van der Waals surface area contributed by atoms with Gasteiger partial charge in [-0.15, -0.1) is 22.7 Å². The maximum absolute atomic E-state index is 13.3. The molecule has 0 spiro atoms. The Morgan fingerprint density at radius 3 is 2.53 bits per heavy atom. The summed E-state index contributed by atoms with van der Waals surface area (Å²) in [7, 11) is -2.83. The van der Waals surface area contributed by atoms with Gasteiger partial charge in [-0.1, -0.05) is 6.07 Å². The number of carbonyl (C=O) groups is 2. The molecule has 0 aliphatic carbocycles. The highest BCUT2D eigenvalue weighted by atomic mass is 32.2. The summed E-state index contributed by atoms with van der Waals surface area (Å²) in [5, 5.41) is 0. The Kier molecular flexibility index (Phi) is 6.06. The number of esters is 1. The highest BCUT2D eigenvalue weighted by Crippen LogP contribution is 2.38. The van der Waals surface area contributed by atoms with Crippen molar-refractivity contribution in [2.75, 3.05) is 18.4 Å². The van der Waals surface area contributed by atoms with Crippen LogP contribution in [0.5, 0.6) is 0 Å². The molecule has 1 amide bonds. The number of nitrogens with one attached hydrogen (secondary N) is 1. The number of methoxy groups -OCH3 is 1. The number of sulfonamides is 1. The Hall–Kier alpha value is -2.76. The number of anilines is 1. The normalized spacial score (nSPS) is 13.5. The maximum atomic E-state index is 13.3. The predicted octanol–water partition coefficient (Wildman–Crippen LogP) is 3.61. The third kappa shape index (κ3) is 4.27. The fourth-order valence-corrected chi connectivity index (χ4v) is 7.29. The van der Waals surface area contributed by atoms with E-state index in [-0.39, 0.29) is 22.2 Å². The third-order valence-electron chi connectivity index (χ3n) is 5.06. The SMILES string of the molecule is COC(=O)c1c(S(=O)(=O)Nc2cc(C)cc(C)c2)sc2c1CCN(C(=O)c1cncs1)C2. The Morgan fingerprint density at radius 1 is 1.19 bits per heavy atom. The summed E-state index contributed by atoms with van der Waals surface area (Å²) in [5.74, 6) is -0.866. The second-order valence-electron chi connectivity index (χ2n) is 7.48. The number of benzene rings is 1. The zero-order valence-corrected chi connectivity index (χ0v) is 20.1. The zero-order valence-electron chi connectivity index (χ0n) is 17.7. The van der Waals surface area contributed by atoms with Crippen molar-refractivity contribution in [2.24, 2.45) is 0 Å². The van der Waals surface area contributed by atoms with Gasteiger partial charge in [-0.25, -0.2) is 13.2 Å². The van der Waals surface area contributed by atoms with Crippen LogP contribution in [0.3, 0.4) is 0 Å². The van der Waals surface area contributed by atoms with Gasteiger partial charge in [-0.3, -0.25) is 14.5 Å². The first-order chi connectivity index (χ1) is 15.2. The van der Waals surface area contributed by atoms with Crippen molar-refractivity contribution in [1.29, 1.82) is 0 Å². The molecule has 2 aromatic heterocycles. The number of hydrogen-bond acceptors (Lipinski definition) is 8. The quantitative estimate of drug-likeness (QED) is 0.547. The van der Waals surface area contributed by atoms with Crippen LogP contribution in [0.4, 0.5) is 5.69 Å². The largest absolute Gasteiger partial charge is 0.465 e. The van der Waals surface area contributed by atoms with Crippen molar-refractivity contribution in [3.63, 3.8) is 0 Å². The number of thiophene rings is 1. The van der Waals surface area contributed by atoms with E-state index in [9.17, 15) is 18.0 Å². The number of aromatic nitrogens is 1. The van der Waals surface area contributed by atoms with Crippen molar-refractivity contribution >= 4 is 50.3 Å². The average molecular weight is 492 g/mol. The number of rotatable bonds is 5. The van der Waals surface area contributed by atoms with E-state index in [0.717, 1.165) is 22.5 Å². The molecule has 1 aliphatic rings. The van der Waals surface area contributed by atoms with Gasteiger partial charge >= 0.3 is 5.97 Å². The molecule has 1 aromatic carbocycles. The van der Waals surface area contributed by atoms with Crippen molar-refractivity contribution in [3.8, 4) is 0 Å². The van der Waals surface area contributed by atoms with Gasteiger partial charge in [0, 0.05) is 17.1 Å². The predicted molar refractivity (Wildman–Crippen MR) is 123 cm³/mol. The van der Waals surface area contributed by atoms with Crippen molar-refractivity contribution in [1.82, 2.24) is 9.88 Å². The van der Waals surface area contributed by atoms with E-state index < -0.39 is 16.0 Å². The fourth-order valence-electron chi connectivity index (χ4n) is 3.76. The van der Waals surface area contributed by atoms with Crippen LogP contribution >= 0.6 is 22.7 Å². The molecule has 1 aliphatic heterocycles. The molecule has 0 unspecified atom stereocenters. The molecule has 0 atom stereocenters. The summed E-state index contributed by atoms with van der Waals surface area (Å²) >= 11 is 2.25. The van der Waals surface area contributed by atoms with E-state index in [1.807, 2.05) is 19.9 Å². The number of fused-ring (bicyclic) bond motifs is 1. The standard InChI is InChI=1S/C21H21N3O5S3/c1-12-6-13(2)8-14(7-12)23-32(27,28)21-18(20(26)29-3)15-4-5-24(10-17(15)31-21)19(25)16-9-22-11-30-16/h6-9,11,23H,4-5,10H2,1-3H3. The van der Waals surface area contributed by atoms with Crippen molar-refractivity contribution in [3.05, 3.63) is 61.9 Å². The molecule has 8 nitrogen and oxygen atoms in total. The fraction of sp³-hybridized carbons (Fsp3) is 0.286. The number of hydrogen-bond donors (Lipinski definition) is 1. The van der Waals surface area contributed by atoms with Crippen LogP contribution in [-0.4, -0.2) is 43.8 Å². The number of carbonyl (C=O) groups excluding carboxylic acids is 2. The maximum Gasteiger partial charge on any atom is 0.340 e. The summed E-state index contributed by atoms with van der Waals surface area (Å²) in [4.78, 5) is 32.1. The minimum Gasteiger partial charge on any atom is -0.465 e. The van der Waals surface area contributed by atoms with Gasteiger partial charge in [-0.2, -0.15) is 0 Å². The minimum absolute atomic E-state index is 0.0502. The van der Waals surface area contributed by atoms with E-state index in [1.165, 1.54) is 24.6 Å². The van der Waals surface area contributed by atoms with Crippen LogP contribution < -0.4 is 4.72 Å². The number of nitrogens with zero attached hydrogens (tertiary/aromatic N) is 2. The van der Waals surface area contributed by atoms with Crippen molar-refractivity contribution in [2.45, 2.75) is 31.0 Å².